The third-order valence-corrected chi connectivity index (χ3v) is 3.45. The summed E-state index contributed by atoms with van der Waals surface area (Å²) in [4.78, 5) is 1.61. The van der Waals surface area contributed by atoms with E-state index in [0.29, 0.717) is 0 Å². The highest BCUT2D eigenvalue weighted by Gasteiger charge is 2.15. The van der Waals surface area contributed by atoms with Crippen LogP contribution in [0.2, 0.25) is 0 Å². The number of allylic oxidation sites excluding steroid dienone is 9. The highest BCUT2D eigenvalue weighted by molar-refractivity contribution is 7.99. The van der Waals surface area contributed by atoms with Gasteiger partial charge in [-0.1, -0.05) is 43.9 Å². The third-order valence-electron chi connectivity index (χ3n) is 2.01. The molecule has 98 valence electrons. The van der Waals surface area contributed by atoms with E-state index >= 15 is 0 Å². The molecular formula is C16H22OS. The van der Waals surface area contributed by atoms with Crippen LogP contribution in [0.5, 0.6) is 0 Å². The van der Waals surface area contributed by atoms with Crippen LogP contribution in [0.25, 0.3) is 0 Å². The summed E-state index contributed by atoms with van der Waals surface area (Å²) in [6, 6.07) is 0. The Labute approximate surface area is 114 Å². The Balaban J connectivity index is 5.24. The maximum absolute atomic E-state index is 12.4. The maximum Gasteiger partial charge on any atom is 0.158 e. The van der Waals surface area contributed by atoms with Gasteiger partial charge in [-0.15, -0.1) is 0 Å². The molecule has 2 heteroatoms. The average molecular weight is 262 g/mol. The van der Waals surface area contributed by atoms with Crippen molar-refractivity contribution in [3.63, 3.8) is 0 Å². The molecule has 0 radical (unpaired) electrons. The zero-order chi connectivity index (χ0) is 13.8. The van der Waals surface area contributed by atoms with Gasteiger partial charge in [0.15, 0.2) is 9.81 Å². The quantitative estimate of drug-likeness (QED) is 0.477. The van der Waals surface area contributed by atoms with Crippen molar-refractivity contribution in [3.05, 3.63) is 71.1 Å². The standard InChI is InChI=1S/C16H22OS/c1-5-9-13-15(11-7-3)18(17)16(12-8-4)14-10-6-2/h5-6,8-14H,1,7H2,2-4H3/b10-6-,12-8-,13-9-,15-11+,16-14+. The predicted octanol–water partition coefficient (Wildman–Crippen LogP) is 4.81. The summed E-state index contributed by atoms with van der Waals surface area (Å²) in [5.74, 6) is 0. The second kappa shape index (κ2) is 10.9. The van der Waals surface area contributed by atoms with Crippen LogP contribution in [0.1, 0.15) is 27.2 Å². The topological polar surface area (TPSA) is 23.1 Å². The van der Waals surface area contributed by atoms with Crippen LogP contribution in [-0.4, -0.2) is 4.55 Å². The highest BCUT2D eigenvalue weighted by Crippen LogP contribution is 2.21. The fraction of sp³-hybridized carbons (Fsp3) is 0.250. The minimum absolute atomic E-state index is 0.795. The SMILES string of the molecule is C=C/C=C\C(=C/CC)[S+]([O-])C(/C=C\C)=C/C=C\C. The molecule has 0 aromatic heterocycles. The minimum Gasteiger partial charge on any atom is -0.606 e. The maximum atomic E-state index is 12.4. The van der Waals surface area contributed by atoms with E-state index in [4.69, 9.17) is 0 Å². The molecule has 0 aliphatic carbocycles. The number of hydrogen-bond donors (Lipinski definition) is 0. The molecule has 0 saturated heterocycles. The van der Waals surface area contributed by atoms with E-state index in [1.165, 1.54) is 0 Å². The summed E-state index contributed by atoms with van der Waals surface area (Å²) in [6.45, 7) is 9.52. The Bertz CT molecular complexity index is 384. The van der Waals surface area contributed by atoms with Gasteiger partial charge in [-0.2, -0.15) is 0 Å². The van der Waals surface area contributed by atoms with Crippen molar-refractivity contribution in [2.24, 2.45) is 0 Å². The van der Waals surface area contributed by atoms with Gasteiger partial charge in [-0.3, -0.25) is 0 Å². The van der Waals surface area contributed by atoms with Gasteiger partial charge >= 0.3 is 0 Å². The largest absolute Gasteiger partial charge is 0.606 e. The Morgan fingerprint density at radius 3 is 2.33 bits per heavy atom. The second-order valence-corrected chi connectivity index (χ2v) is 4.95. The van der Waals surface area contributed by atoms with Crippen LogP contribution in [0.3, 0.4) is 0 Å². The number of rotatable bonds is 7. The van der Waals surface area contributed by atoms with Gasteiger partial charge in [-0.25, -0.2) is 0 Å². The normalized spacial score (nSPS) is 16.0. The fourth-order valence-electron chi connectivity index (χ4n) is 1.24. The number of hydrogen-bond acceptors (Lipinski definition) is 1. The van der Waals surface area contributed by atoms with Crippen LogP contribution >= 0.6 is 0 Å². The Kier molecular flexibility index (Phi) is 10.1. The molecule has 0 aliphatic heterocycles. The highest BCUT2D eigenvalue weighted by atomic mass is 32.2. The Hall–Kier alpha value is -1.25. The first-order valence-electron chi connectivity index (χ1n) is 6.07. The molecule has 0 spiro atoms. The molecule has 0 rings (SSSR count). The summed E-state index contributed by atoms with van der Waals surface area (Å²) in [7, 11) is 0. The van der Waals surface area contributed by atoms with Gasteiger partial charge in [-0.05, 0) is 44.6 Å². The van der Waals surface area contributed by atoms with Crippen molar-refractivity contribution in [1.82, 2.24) is 0 Å². The van der Waals surface area contributed by atoms with Crippen LogP contribution in [-0.2, 0) is 11.2 Å². The van der Waals surface area contributed by atoms with Crippen LogP contribution in [0.15, 0.2) is 71.1 Å². The summed E-state index contributed by atoms with van der Waals surface area (Å²) in [6.07, 6.45) is 17.6. The van der Waals surface area contributed by atoms with Crippen molar-refractivity contribution in [1.29, 1.82) is 0 Å². The zero-order valence-electron chi connectivity index (χ0n) is 11.4. The second-order valence-electron chi connectivity index (χ2n) is 3.47. The molecule has 0 heterocycles. The van der Waals surface area contributed by atoms with Crippen LogP contribution < -0.4 is 0 Å². The van der Waals surface area contributed by atoms with E-state index in [-0.39, 0.29) is 0 Å². The lowest BCUT2D eigenvalue weighted by Crippen LogP contribution is -2.04. The molecule has 0 aromatic carbocycles. The fourth-order valence-corrected chi connectivity index (χ4v) is 2.49. The molecule has 18 heavy (non-hydrogen) atoms. The lowest BCUT2D eigenvalue weighted by Gasteiger charge is -2.11. The first-order chi connectivity index (χ1) is 8.71. The minimum atomic E-state index is -1.15. The molecule has 0 aromatic rings. The van der Waals surface area contributed by atoms with E-state index < -0.39 is 11.2 Å². The van der Waals surface area contributed by atoms with Crippen molar-refractivity contribution < 1.29 is 4.55 Å². The monoisotopic (exact) mass is 262 g/mol. The summed E-state index contributed by atoms with van der Waals surface area (Å²) >= 11 is -1.15. The molecule has 0 aliphatic rings. The van der Waals surface area contributed by atoms with Gasteiger partial charge in [0, 0.05) is 11.2 Å². The molecule has 1 atom stereocenters. The zero-order valence-corrected chi connectivity index (χ0v) is 12.2. The Morgan fingerprint density at radius 1 is 1.11 bits per heavy atom. The van der Waals surface area contributed by atoms with E-state index in [0.717, 1.165) is 16.2 Å². The van der Waals surface area contributed by atoms with E-state index in [9.17, 15) is 4.55 Å². The first-order valence-corrected chi connectivity index (χ1v) is 7.22. The van der Waals surface area contributed by atoms with Crippen molar-refractivity contribution in [2.75, 3.05) is 0 Å². The molecule has 0 amide bonds. The van der Waals surface area contributed by atoms with Crippen molar-refractivity contribution in [3.8, 4) is 0 Å². The average Bonchev–Trinajstić information content (AvgIpc) is 2.38. The molecule has 1 nitrogen and oxygen atoms in total. The van der Waals surface area contributed by atoms with Gasteiger partial charge < -0.3 is 4.55 Å². The smallest absolute Gasteiger partial charge is 0.158 e. The van der Waals surface area contributed by atoms with E-state index in [1.54, 1.807) is 6.08 Å². The molecule has 0 fully saturated rings. The molecule has 0 saturated carbocycles. The third kappa shape index (κ3) is 6.48. The van der Waals surface area contributed by atoms with E-state index in [1.807, 2.05) is 69.4 Å². The molecule has 0 bridgehead atoms. The molecular weight excluding hydrogens is 240 g/mol. The lowest BCUT2D eigenvalue weighted by molar-refractivity contribution is 0.608. The van der Waals surface area contributed by atoms with Crippen LogP contribution in [0, 0.1) is 0 Å². The molecule has 1 unspecified atom stereocenters. The Morgan fingerprint density at radius 2 is 1.83 bits per heavy atom. The van der Waals surface area contributed by atoms with Crippen molar-refractivity contribution in [2.45, 2.75) is 27.2 Å². The van der Waals surface area contributed by atoms with Gasteiger partial charge in [0.1, 0.15) is 0 Å². The van der Waals surface area contributed by atoms with Gasteiger partial charge in [0.05, 0.1) is 0 Å². The summed E-state index contributed by atoms with van der Waals surface area (Å²) in [5, 5.41) is 0. The molecule has 0 N–H and O–H groups in total. The van der Waals surface area contributed by atoms with Gasteiger partial charge in [0.2, 0.25) is 0 Å². The summed E-state index contributed by atoms with van der Waals surface area (Å²) in [5.41, 5.74) is 0. The lowest BCUT2D eigenvalue weighted by atomic mass is 10.4. The van der Waals surface area contributed by atoms with Gasteiger partial charge in [0.25, 0.3) is 0 Å². The summed E-state index contributed by atoms with van der Waals surface area (Å²) < 4.78 is 12.4. The van der Waals surface area contributed by atoms with E-state index in [2.05, 4.69) is 6.58 Å². The first kappa shape index (κ1) is 16.8. The van der Waals surface area contributed by atoms with Crippen LogP contribution in [0.4, 0.5) is 0 Å². The predicted molar refractivity (Wildman–Crippen MR) is 83.6 cm³/mol. The van der Waals surface area contributed by atoms with Crippen molar-refractivity contribution >= 4 is 11.2 Å².